The van der Waals surface area contributed by atoms with Crippen LogP contribution in [0, 0.1) is 22.7 Å². The molecule has 0 saturated carbocycles. The third-order valence-electron chi connectivity index (χ3n) is 5.56. The van der Waals surface area contributed by atoms with Crippen LogP contribution in [-0.2, 0) is 5.75 Å². The van der Waals surface area contributed by atoms with E-state index >= 15 is 0 Å². The van der Waals surface area contributed by atoms with Gasteiger partial charge in [0.2, 0.25) is 0 Å². The summed E-state index contributed by atoms with van der Waals surface area (Å²) in [5, 5.41) is 29.8. The summed E-state index contributed by atoms with van der Waals surface area (Å²) in [7, 11) is 1.63. The van der Waals surface area contributed by atoms with Gasteiger partial charge in [-0.2, -0.15) is 10.5 Å². The summed E-state index contributed by atoms with van der Waals surface area (Å²) in [5.41, 5.74) is 3.23. The number of nitriles is 2. The fourth-order valence-corrected chi connectivity index (χ4v) is 4.60. The minimum absolute atomic E-state index is 0.0722. The zero-order valence-electron chi connectivity index (χ0n) is 20.8. The SMILES string of the molecule is CC.COc1ccc(CSc2nc(N3CCC3)c(C#N)c(-c3ccc(OCCO)cc3)c2C#N)cc1. The van der Waals surface area contributed by atoms with Crippen LogP contribution in [0.15, 0.2) is 53.6 Å². The third kappa shape index (κ3) is 6.09. The average molecular weight is 503 g/mol. The van der Waals surface area contributed by atoms with E-state index in [9.17, 15) is 10.5 Å². The molecule has 4 rings (SSSR count). The van der Waals surface area contributed by atoms with Crippen LogP contribution in [0.5, 0.6) is 11.5 Å². The number of nitrogens with zero attached hydrogens (tertiary/aromatic N) is 4. The highest BCUT2D eigenvalue weighted by atomic mass is 32.2. The molecule has 1 aliphatic heterocycles. The summed E-state index contributed by atoms with van der Waals surface area (Å²) < 4.78 is 10.7. The monoisotopic (exact) mass is 502 g/mol. The first-order chi connectivity index (χ1) is 17.7. The summed E-state index contributed by atoms with van der Waals surface area (Å²) in [6.45, 7) is 5.80. The first kappa shape index (κ1) is 26.9. The number of methoxy groups -OCH3 is 1. The Morgan fingerprint density at radius 2 is 1.61 bits per heavy atom. The van der Waals surface area contributed by atoms with Gasteiger partial charge in [-0.3, -0.25) is 0 Å². The lowest BCUT2D eigenvalue weighted by molar-refractivity contribution is 0.201. The second kappa shape index (κ2) is 13.4. The van der Waals surface area contributed by atoms with Crippen molar-refractivity contribution in [3.63, 3.8) is 0 Å². The van der Waals surface area contributed by atoms with Gasteiger partial charge in [0.1, 0.15) is 46.7 Å². The van der Waals surface area contributed by atoms with Crippen molar-refractivity contribution in [2.45, 2.75) is 31.0 Å². The van der Waals surface area contributed by atoms with E-state index in [1.807, 2.05) is 50.2 Å². The van der Waals surface area contributed by atoms with Crippen LogP contribution in [0.2, 0.25) is 0 Å². The molecule has 1 aliphatic rings. The van der Waals surface area contributed by atoms with Crippen LogP contribution in [0.3, 0.4) is 0 Å². The first-order valence-electron chi connectivity index (χ1n) is 11.9. The van der Waals surface area contributed by atoms with E-state index in [1.54, 1.807) is 19.2 Å². The molecule has 2 aromatic carbocycles. The predicted octanol–water partition coefficient (Wildman–Crippen LogP) is 5.40. The molecule has 0 radical (unpaired) electrons. The van der Waals surface area contributed by atoms with E-state index in [1.165, 1.54) is 11.8 Å². The molecule has 1 fully saturated rings. The molecule has 8 heteroatoms. The van der Waals surface area contributed by atoms with E-state index in [0.29, 0.717) is 39.0 Å². The maximum Gasteiger partial charge on any atom is 0.148 e. The van der Waals surface area contributed by atoms with Crippen molar-refractivity contribution in [3.8, 4) is 34.8 Å². The molecule has 0 unspecified atom stereocenters. The lowest BCUT2D eigenvalue weighted by atomic mass is 9.96. The van der Waals surface area contributed by atoms with Crippen molar-refractivity contribution in [3.05, 3.63) is 65.2 Å². The Balaban J connectivity index is 0.00000176. The quantitative estimate of drug-likeness (QED) is 0.388. The lowest BCUT2D eigenvalue weighted by Crippen LogP contribution is -2.38. The second-order valence-corrected chi connectivity index (χ2v) is 8.63. The minimum Gasteiger partial charge on any atom is -0.497 e. The van der Waals surface area contributed by atoms with Crippen LogP contribution < -0.4 is 14.4 Å². The van der Waals surface area contributed by atoms with Crippen molar-refractivity contribution in [1.82, 2.24) is 4.98 Å². The highest BCUT2D eigenvalue weighted by Gasteiger charge is 2.27. The lowest BCUT2D eigenvalue weighted by Gasteiger charge is -2.33. The van der Waals surface area contributed by atoms with E-state index in [-0.39, 0.29) is 13.2 Å². The van der Waals surface area contributed by atoms with Crippen molar-refractivity contribution in [2.75, 3.05) is 38.3 Å². The largest absolute Gasteiger partial charge is 0.497 e. The number of thioether (sulfide) groups is 1. The summed E-state index contributed by atoms with van der Waals surface area (Å²) in [6.07, 6.45) is 1.05. The Kier molecular flexibility index (Phi) is 10.00. The van der Waals surface area contributed by atoms with Gasteiger partial charge in [-0.1, -0.05) is 38.1 Å². The van der Waals surface area contributed by atoms with Crippen LogP contribution in [-0.4, -0.2) is 43.5 Å². The maximum atomic E-state index is 10.1. The number of aliphatic hydroxyl groups is 1. The van der Waals surface area contributed by atoms with E-state index in [2.05, 4.69) is 17.0 Å². The number of aliphatic hydroxyl groups excluding tert-OH is 1. The van der Waals surface area contributed by atoms with Gasteiger partial charge in [-0.25, -0.2) is 4.98 Å². The highest BCUT2D eigenvalue weighted by Crippen LogP contribution is 2.40. The molecule has 1 N–H and O–H groups in total. The Hall–Kier alpha value is -3.72. The van der Waals surface area contributed by atoms with Crippen molar-refractivity contribution in [2.24, 2.45) is 0 Å². The molecule has 36 heavy (non-hydrogen) atoms. The number of anilines is 1. The van der Waals surface area contributed by atoms with E-state index < -0.39 is 0 Å². The second-order valence-electron chi connectivity index (χ2n) is 7.66. The Morgan fingerprint density at radius 1 is 0.972 bits per heavy atom. The fourth-order valence-electron chi connectivity index (χ4n) is 3.67. The van der Waals surface area contributed by atoms with Gasteiger partial charge in [-0.05, 0) is 41.8 Å². The molecule has 1 saturated heterocycles. The van der Waals surface area contributed by atoms with Crippen molar-refractivity contribution in [1.29, 1.82) is 10.5 Å². The summed E-state index contributed by atoms with van der Waals surface area (Å²) in [6, 6.07) is 19.6. The van der Waals surface area contributed by atoms with Gasteiger partial charge in [0.25, 0.3) is 0 Å². The van der Waals surface area contributed by atoms with Gasteiger partial charge in [-0.15, -0.1) is 11.8 Å². The number of rotatable bonds is 9. The van der Waals surface area contributed by atoms with Crippen molar-refractivity contribution >= 4 is 17.6 Å². The Labute approximate surface area is 216 Å². The number of hydrogen-bond acceptors (Lipinski definition) is 8. The molecular weight excluding hydrogens is 472 g/mol. The Morgan fingerprint density at radius 3 is 2.14 bits per heavy atom. The van der Waals surface area contributed by atoms with E-state index in [0.717, 1.165) is 36.4 Å². The fraction of sp³-hybridized carbons (Fsp3) is 0.321. The van der Waals surface area contributed by atoms with Gasteiger partial charge in [0.15, 0.2) is 0 Å². The predicted molar refractivity (Wildman–Crippen MR) is 142 cm³/mol. The molecule has 0 spiro atoms. The van der Waals surface area contributed by atoms with Crippen molar-refractivity contribution < 1.29 is 14.6 Å². The molecule has 0 aliphatic carbocycles. The number of ether oxygens (including phenoxy) is 2. The van der Waals surface area contributed by atoms with E-state index in [4.69, 9.17) is 19.6 Å². The highest BCUT2D eigenvalue weighted by molar-refractivity contribution is 7.98. The molecule has 1 aromatic heterocycles. The molecule has 0 amide bonds. The summed E-state index contributed by atoms with van der Waals surface area (Å²) >= 11 is 1.48. The standard InChI is InChI=1S/C26H24N4O3S.C2H6/c1-32-20-7-3-18(4-8-20)17-34-26-23(16-28)24(19-5-9-21(10-6-19)33-14-13-31)22(15-27)25(29-26)30-11-2-12-30;1-2/h3-10,31H,2,11-14,17H2,1H3;1-2H3. The molecular formula is C28H30N4O3S. The number of pyridine rings is 1. The smallest absolute Gasteiger partial charge is 0.148 e. The Bertz CT molecular complexity index is 1230. The van der Waals surface area contributed by atoms with Gasteiger partial charge >= 0.3 is 0 Å². The summed E-state index contributed by atoms with van der Waals surface area (Å²) in [5.74, 6) is 2.66. The number of hydrogen-bond donors (Lipinski definition) is 1. The number of aromatic nitrogens is 1. The minimum atomic E-state index is -0.0722. The van der Waals surface area contributed by atoms with Crippen LogP contribution in [0.4, 0.5) is 5.82 Å². The zero-order chi connectivity index (χ0) is 25.9. The topological polar surface area (TPSA) is 102 Å². The zero-order valence-corrected chi connectivity index (χ0v) is 21.6. The maximum absolute atomic E-state index is 10.1. The van der Waals surface area contributed by atoms with Crippen LogP contribution in [0.25, 0.3) is 11.1 Å². The van der Waals surface area contributed by atoms with Crippen LogP contribution in [0.1, 0.15) is 37.0 Å². The molecule has 2 heterocycles. The molecule has 3 aromatic rings. The van der Waals surface area contributed by atoms with Gasteiger partial charge in [0, 0.05) is 24.4 Å². The molecule has 0 bridgehead atoms. The van der Waals surface area contributed by atoms with Gasteiger partial charge < -0.3 is 19.5 Å². The normalized spacial score (nSPS) is 11.9. The third-order valence-corrected chi connectivity index (χ3v) is 6.61. The molecule has 186 valence electrons. The molecule has 0 atom stereocenters. The summed E-state index contributed by atoms with van der Waals surface area (Å²) in [4.78, 5) is 6.88. The average Bonchev–Trinajstić information content (AvgIpc) is 2.91. The number of benzene rings is 2. The first-order valence-corrected chi connectivity index (χ1v) is 12.9. The van der Waals surface area contributed by atoms with Gasteiger partial charge in [0.05, 0.1) is 19.3 Å². The van der Waals surface area contributed by atoms with Crippen LogP contribution >= 0.6 is 11.8 Å². The molecule has 7 nitrogen and oxygen atoms in total.